The van der Waals surface area contributed by atoms with Gasteiger partial charge in [0.25, 0.3) is 0 Å². The van der Waals surface area contributed by atoms with Gasteiger partial charge in [-0.25, -0.2) is 0 Å². The molecule has 0 aliphatic carbocycles. The van der Waals surface area contributed by atoms with Gasteiger partial charge in [-0.3, -0.25) is 5.41 Å². The van der Waals surface area contributed by atoms with E-state index in [2.05, 4.69) is 0 Å². The Morgan fingerprint density at radius 3 is 2.54 bits per heavy atom. The van der Waals surface area contributed by atoms with E-state index in [1.54, 1.807) is 37.6 Å². The highest BCUT2D eigenvalue weighted by Crippen LogP contribution is 2.34. The number of benzene rings is 1. The molecule has 0 unspecified atom stereocenters. The molecule has 0 amide bonds. The number of amidine groups is 1. The van der Waals surface area contributed by atoms with E-state index in [0.717, 1.165) is 5.30 Å². The van der Waals surface area contributed by atoms with E-state index in [4.69, 9.17) is 11.1 Å². The number of nitrogens with one attached hydrogen (secondary N) is 1. The molecule has 3 N–H and O–H groups in total. The summed E-state index contributed by atoms with van der Waals surface area (Å²) in [5.41, 5.74) is 5.95. The minimum Gasteiger partial charge on any atom is -0.384 e. The molecule has 0 saturated heterocycles. The van der Waals surface area contributed by atoms with E-state index >= 15 is 0 Å². The van der Waals surface area contributed by atoms with Crippen LogP contribution in [0.15, 0.2) is 24.3 Å². The first-order valence-electron chi connectivity index (χ1n) is 3.91. The van der Waals surface area contributed by atoms with Gasteiger partial charge >= 0.3 is 0 Å². The Kier molecular flexibility index (Phi) is 2.58. The molecule has 0 spiro atoms. The summed E-state index contributed by atoms with van der Waals surface area (Å²) in [5.74, 6) is 0.00954. The molecule has 1 aromatic carbocycles. The molecule has 0 saturated carbocycles. The van der Waals surface area contributed by atoms with Crippen molar-refractivity contribution < 1.29 is 4.57 Å². The fraction of sp³-hybridized carbons (Fsp3) is 0.222. The summed E-state index contributed by atoms with van der Waals surface area (Å²) in [7, 11) is -2.24. The van der Waals surface area contributed by atoms with E-state index < -0.39 is 7.14 Å². The van der Waals surface area contributed by atoms with Crippen LogP contribution >= 0.6 is 7.14 Å². The van der Waals surface area contributed by atoms with Crippen LogP contribution in [-0.2, 0) is 4.57 Å². The number of hydrogen-bond donors (Lipinski definition) is 2. The predicted molar refractivity (Wildman–Crippen MR) is 56.5 cm³/mol. The van der Waals surface area contributed by atoms with Crippen LogP contribution in [0.1, 0.15) is 5.56 Å². The first-order valence-corrected chi connectivity index (χ1v) is 6.51. The van der Waals surface area contributed by atoms with Gasteiger partial charge in [-0.05, 0) is 19.4 Å². The van der Waals surface area contributed by atoms with Gasteiger partial charge in [0.05, 0.1) is 0 Å². The molecule has 0 fully saturated rings. The van der Waals surface area contributed by atoms with Crippen LogP contribution < -0.4 is 11.0 Å². The largest absolute Gasteiger partial charge is 0.384 e. The normalized spacial score (nSPS) is 11.2. The molecule has 70 valence electrons. The van der Waals surface area contributed by atoms with Crippen molar-refractivity contribution in [3.8, 4) is 0 Å². The van der Waals surface area contributed by atoms with Crippen LogP contribution in [0.2, 0.25) is 0 Å². The lowest BCUT2D eigenvalue weighted by Crippen LogP contribution is -2.14. The van der Waals surface area contributed by atoms with Crippen LogP contribution in [-0.4, -0.2) is 19.2 Å². The SMILES string of the molecule is CP(C)(=O)c1cccc(C(=N)N)c1. The maximum absolute atomic E-state index is 11.7. The molecule has 0 bridgehead atoms. The van der Waals surface area contributed by atoms with E-state index in [1.165, 1.54) is 0 Å². The highest BCUT2D eigenvalue weighted by atomic mass is 31.2. The van der Waals surface area contributed by atoms with Crippen molar-refractivity contribution in [3.05, 3.63) is 29.8 Å². The zero-order chi connectivity index (χ0) is 10.1. The second kappa shape index (κ2) is 3.35. The quantitative estimate of drug-likeness (QED) is 0.424. The zero-order valence-corrected chi connectivity index (χ0v) is 8.64. The predicted octanol–water partition coefficient (Wildman–Crippen LogP) is 1.22. The van der Waals surface area contributed by atoms with Crippen molar-refractivity contribution in [2.75, 3.05) is 13.3 Å². The Hall–Kier alpha value is -1.08. The summed E-state index contributed by atoms with van der Waals surface area (Å²) in [5, 5.41) is 7.99. The number of rotatable bonds is 2. The number of nitrogen functional groups attached to an aromatic ring is 1. The Morgan fingerprint density at radius 1 is 1.46 bits per heavy atom. The first kappa shape index (κ1) is 10.0. The maximum atomic E-state index is 11.7. The van der Waals surface area contributed by atoms with Gasteiger partial charge in [-0.15, -0.1) is 0 Å². The van der Waals surface area contributed by atoms with Crippen molar-refractivity contribution in [1.29, 1.82) is 5.41 Å². The summed E-state index contributed by atoms with van der Waals surface area (Å²) in [6, 6.07) is 7.02. The lowest BCUT2D eigenvalue weighted by molar-refractivity contribution is 0.588. The summed E-state index contributed by atoms with van der Waals surface area (Å²) in [6.45, 7) is 3.40. The van der Waals surface area contributed by atoms with E-state index in [9.17, 15) is 4.57 Å². The summed E-state index contributed by atoms with van der Waals surface area (Å²) in [6.07, 6.45) is 0. The average molecular weight is 196 g/mol. The Bertz CT molecular complexity index is 381. The molecule has 0 radical (unpaired) electrons. The molecule has 13 heavy (non-hydrogen) atoms. The van der Waals surface area contributed by atoms with E-state index in [0.29, 0.717) is 5.56 Å². The lowest BCUT2D eigenvalue weighted by Gasteiger charge is -2.07. The first-order chi connectivity index (χ1) is 5.91. The topological polar surface area (TPSA) is 66.9 Å². The summed E-state index contributed by atoms with van der Waals surface area (Å²) in [4.78, 5) is 0. The standard InChI is InChI=1S/C9H13N2OP/c1-13(2,12)8-5-3-4-7(6-8)9(10)11/h3-6H,1-2H3,(H3,10,11). The van der Waals surface area contributed by atoms with Crippen molar-refractivity contribution in [3.63, 3.8) is 0 Å². The fourth-order valence-electron chi connectivity index (χ4n) is 1.01. The molecule has 1 aromatic rings. The van der Waals surface area contributed by atoms with Gasteiger partial charge in [0.1, 0.15) is 13.0 Å². The third-order valence-electron chi connectivity index (χ3n) is 1.78. The minimum atomic E-state index is -2.24. The van der Waals surface area contributed by atoms with Crippen molar-refractivity contribution in [1.82, 2.24) is 0 Å². The average Bonchev–Trinajstić information content (AvgIpc) is 2.03. The maximum Gasteiger partial charge on any atom is 0.122 e. The smallest absolute Gasteiger partial charge is 0.122 e. The van der Waals surface area contributed by atoms with Crippen molar-refractivity contribution in [2.45, 2.75) is 0 Å². The zero-order valence-electron chi connectivity index (χ0n) is 7.74. The third-order valence-corrected chi connectivity index (χ3v) is 3.30. The van der Waals surface area contributed by atoms with Gasteiger partial charge in [-0.2, -0.15) is 0 Å². The van der Waals surface area contributed by atoms with Crippen LogP contribution in [0, 0.1) is 5.41 Å². The molecule has 0 aromatic heterocycles. The van der Waals surface area contributed by atoms with Gasteiger partial charge in [0.2, 0.25) is 0 Å². The molecule has 0 aliphatic heterocycles. The summed E-state index contributed by atoms with van der Waals surface area (Å²) >= 11 is 0. The Labute approximate surface area is 77.8 Å². The highest BCUT2D eigenvalue weighted by Gasteiger charge is 2.11. The molecular weight excluding hydrogens is 183 g/mol. The Morgan fingerprint density at radius 2 is 2.08 bits per heavy atom. The number of nitrogens with two attached hydrogens (primary N) is 1. The summed E-state index contributed by atoms with van der Waals surface area (Å²) < 4.78 is 11.7. The van der Waals surface area contributed by atoms with Gasteiger partial charge in [0.15, 0.2) is 0 Å². The van der Waals surface area contributed by atoms with Crippen molar-refractivity contribution >= 4 is 18.3 Å². The van der Waals surface area contributed by atoms with E-state index in [-0.39, 0.29) is 5.84 Å². The van der Waals surface area contributed by atoms with Gasteiger partial charge in [-0.1, -0.05) is 18.2 Å². The van der Waals surface area contributed by atoms with Crippen molar-refractivity contribution in [2.24, 2.45) is 5.73 Å². The third kappa shape index (κ3) is 2.43. The Balaban J connectivity index is 3.21. The fourth-order valence-corrected chi connectivity index (χ4v) is 1.90. The highest BCUT2D eigenvalue weighted by molar-refractivity contribution is 7.70. The molecule has 3 nitrogen and oxygen atoms in total. The molecule has 1 rings (SSSR count). The molecule has 0 aliphatic rings. The molecule has 0 heterocycles. The molecule has 4 heteroatoms. The van der Waals surface area contributed by atoms with Crippen LogP contribution in [0.4, 0.5) is 0 Å². The van der Waals surface area contributed by atoms with Crippen LogP contribution in [0.3, 0.4) is 0 Å². The number of hydrogen-bond acceptors (Lipinski definition) is 2. The second-order valence-electron chi connectivity index (χ2n) is 3.31. The van der Waals surface area contributed by atoms with Gasteiger partial charge in [0, 0.05) is 10.9 Å². The second-order valence-corrected chi connectivity index (χ2v) is 6.53. The molecule has 0 atom stereocenters. The molecular formula is C9H13N2OP. The van der Waals surface area contributed by atoms with E-state index in [1.807, 2.05) is 0 Å². The van der Waals surface area contributed by atoms with Crippen LogP contribution in [0.25, 0.3) is 0 Å². The van der Waals surface area contributed by atoms with Crippen LogP contribution in [0.5, 0.6) is 0 Å². The minimum absolute atomic E-state index is 0.00954. The van der Waals surface area contributed by atoms with Gasteiger partial charge < -0.3 is 10.3 Å². The lowest BCUT2D eigenvalue weighted by atomic mass is 10.2. The monoisotopic (exact) mass is 196 g/mol.